The Kier molecular flexibility index (Phi) is 5.25. The van der Waals surface area contributed by atoms with Crippen molar-refractivity contribution in [2.24, 2.45) is 0 Å². The summed E-state index contributed by atoms with van der Waals surface area (Å²) < 4.78 is 0.726. The lowest BCUT2D eigenvalue weighted by Gasteiger charge is -2.24. The van der Waals surface area contributed by atoms with Crippen molar-refractivity contribution in [3.8, 4) is 0 Å². The number of aliphatic hydroxyl groups excluding tert-OH is 1. The quantitative estimate of drug-likeness (QED) is 0.856. The van der Waals surface area contributed by atoms with Crippen molar-refractivity contribution >= 4 is 28.6 Å². The third-order valence-corrected chi connectivity index (χ3v) is 4.43. The van der Waals surface area contributed by atoms with Crippen LogP contribution in [0.1, 0.15) is 24.3 Å². The van der Waals surface area contributed by atoms with Crippen LogP contribution in [-0.2, 0) is 0 Å². The minimum Gasteiger partial charge on any atom is -0.388 e. The average molecular weight is 296 g/mol. The molecule has 1 heterocycles. The number of hydrogen-bond donors (Lipinski definition) is 1. The van der Waals surface area contributed by atoms with Crippen LogP contribution < -0.4 is 4.90 Å². The van der Waals surface area contributed by atoms with Crippen molar-refractivity contribution in [3.05, 3.63) is 51.7 Å². The zero-order chi connectivity index (χ0) is 13.7. The summed E-state index contributed by atoms with van der Waals surface area (Å²) in [5, 5.41) is 10.2. The highest BCUT2D eigenvalue weighted by Gasteiger charge is 2.12. The van der Waals surface area contributed by atoms with Gasteiger partial charge in [-0.05, 0) is 37.6 Å². The maximum Gasteiger partial charge on any atom is 0.0932 e. The van der Waals surface area contributed by atoms with Gasteiger partial charge in [-0.25, -0.2) is 0 Å². The van der Waals surface area contributed by atoms with Crippen molar-refractivity contribution in [3.63, 3.8) is 0 Å². The van der Waals surface area contributed by atoms with Gasteiger partial charge >= 0.3 is 0 Å². The molecular weight excluding hydrogens is 278 g/mol. The van der Waals surface area contributed by atoms with E-state index in [0.29, 0.717) is 6.42 Å². The minimum atomic E-state index is -0.435. The highest BCUT2D eigenvalue weighted by Crippen LogP contribution is 2.29. The van der Waals surface area contributed by atoms with E-state index in [1.54, 1.807) is 0 Å². The summed E-state index contributed by atoms with van der Waals surface area (Å²) in [6, 6.07) is 14.0. The maximum absolute atomic E-state index is 10.2. The molecule has 0 fully saturated rings. The summed E-state index contributed by atoms with van der Waals surface area (Å²) >= 11 is 7.34. The number of nitrogens with zero attached hydrogens (tertiary/aromatic N) is 1. The van der Waals surface area contributed by atoms with Gasteiger partial charge in [0.05, 0.1) is 10.4 Å². The molecular formula is C15H18ClNOS. The zero-order valence-electron chi connectivity index (χ0n) is 10.9. The first-order valence-corrected chi connectivity index (χ1v) is 7.63. The summed E-state index contributed by atoms with van der Waals surface area (Å²) in [4.78, 5) is 3.20. The molecule has 1 N–H and O–H groups in total. The molecule has 1 aromatic carbocycles. The second kappa shape index (κ2) is 6.94. The fraction of sp³-hybridized carbons (Fsp3) is 0.333. The number of benzene rings is 1. The molecule has 1 atom stereocenters. The van der Waals surface area contributed by atoms with E-state index in [1.807, 2.05) is 30.3 Å². The Morgan fingerprint density at radius 3 is 2.53 bits per heavy atom. The monoisotopic (exact) mass is 295 g/mol. The predicted octanol–water partition coefficient (Wildman–Crippen LogP) is 4.35. The van der Waals surface area contributed by atoms with E-state index in [4.69, 9.17) is 11.6 Å². The van der Waals surface area contributed by atoms with Gasteiger partial charge in [0.2, 0.25) is 0 Å². The molecule has 0 radical (unpaired) electrons. The van der Waals surface area contributed by atoms with Gasteiger partial charge in [0.1, 0.15) is 0 Å². The van der Waals surface area contributed by atoms with Gasteiger partial charge in [0.15, 0.2) is 0 Å². The zero-order valence-corrected chi connectivity index (χ0v) is 12.5. The SMILES string of the molecule is CCN(CCC(O)c1ccc(Cl)s1)c1ccccc1. The Labute approximate surface area is 123 Å². The molecule has 0 amide bonds. The smallest absolute Gasteiger partial charge is 0.0932 e. The second-order valence-corrected chi connectivity index (χ2v) is 6.11. The van der Waals surface area contributed by atoms with Gasteiger partial charge in [-0.15, -0.1) is 11.3 Å². The van der Waals surface area contributed by atoms with Crippen LogP contribution in [0, 0.1) is 0 Å². The van der Waals surface area contributed by atoms with Gasteiger partial charge in [0.25, 0.3) is 0 Å². The first-order valence-electron chi connectivity index (χ1n) is 6.44. The van der Waals surface area contributed by atoms with E-state index in [9.17, 15) is 5.11 Å². The summed E-state index contributed by atoms with van der Waals surface area (Å²) in [6.45, 7) is 3.89. The molecule has 102 valence electrons. The van der Waals surface area contributed by atoms with Gasteiger partial charge in [-0.3, -0.25) is 0 Å². The molecule has 2 rings (SSSR count). The highest BCUT2D eigenvalue weighted by molar-refractivity contribution is 7.16. The summed E-state index contributed by atoms with van der Waals surface area (Å²) in [6.07, 6.45) is 0.273. The molecule has 19 heavy (non-hydrogen) atoms. The molecule has 2 nitrogen and oxygen atoms in total. The van der Waals surface area contributed by atoms with Gasteiger partial charge < -0.3 is 10.0 Å². The number of para-hydroxylation sites is 1. The van der Waals surface area contributed by atoms with E-state index in [2.05, 4.69) is 24.0 Å². The lowest BCUT2D eigenvalue weighted by atomic mass is 10.2. The number of aliphatic hydroxyl groups is 1. The van der Waals surface area contributed by atoms with Gasteiger partial charge in [-0.1, -0.05) is 29.8 Å². The molecule has 1 aromatic heterocycles. The molecule has 0 aliphatic heterocycles. The number of thiophene rings is 1. The number of hydrogen-bond acceptors (Lipinski definition) is 3. The van der Waals surface area contributed by atoms with Crippen molar-refractivity contribution < 1.29 is 5.11 Å². The summed E-state index contributed by atoms with van der Waals surface area (Å²) in [5.74, 6) is 0. The fourth-order valence-corrected chi connectivity index (χ4v) is 3.12. The van der Waals surface area contributed by atoms with Crippen LogP contribution in [0.2, 0.25) is 4.34 Å². The molecule has 0 saturated carbocycles. The third kappa shape index (κ3) is 3.96. The molecule has 0 aliphatic rings. The van der Waals surface area contributed by atoms with E-state index < -0.39 is 6.10 Å². The average Bonchev–Trinajstić information content (AvgIpc) is 2.87. The number of anilines is 1. The van der Waals surface area contributed by atoms with Crippen LogP contribution in [-0.4, -0.2) is 18.2 Å². The predicted molar refractivity (Wildman–Crippen MR) is 83.2 cm³/mol. The van der Waals surface area contributed by atoms with Crippen molar-refractivity contribution in [2.45, 2.75) is 19.4 Å². The molecule has 0 bridgehead atoms. The lowest BCUT2D eigenvalue weighted by Crippen LogP contribution is -2.25. The Balaban J connectivity index is 1.93. The molecule has 0 aliphatic carbocycles. The third-order valence-electron chi connectivity index (χ3n) is 3.10. The van der Waals surface area contributed by atoms with Crippen molar-refractivity contribution in [1.82, 2.24) is 0 Å². The van der Waals surface area contributed by atoms with E-state index in [0.717, 1.165) is 22.3 Å². The first kappa shape index (κ1) is 14.4. The summed E-state index contributed by atoms with van der Waals surface area (Å²) in [7, 11) is 0. The highest BCUT2D eigenvalue weighted by atomic mass is 35.5. The van der Waals surface area contributed by atoms with Crippen molar-refractivity contribution in [2.75, 3.05) is 18.0 Å². The Hall–Kier alpha value is -1.03. The van der Waals surface area contributed by atoms with Crippen molar-refractivity contribution in [1.29, 1.82) is 0 Å². The lowest BCUT2D eigenvalue weighted by molar-refractivity contribution is 0.173. The van der Waals surface area contributed by atoms with E-state index in [-0.39, 0.29) is 0 Å². The molecule has 0 spiro atoms. The van der Waals surface area contributed by atoms with Crippen LogP contribution in [0.25, 0.3) is 0 Å². The van der Waals surface area contributed by atoms with E-state index >= 15 is 0 Å². The van der Waals surface area contributed by atoms with Crippen LogP contribution in [0.3, 0.4) is 0 Å². The molecule has 2 aromatic rings. The van der Waals surface area contributed by atoms with Gasteiger partial charge in [-0.2, -0.15) is 0 Å². The Morgan fingerprint density at radius 1 is 1.21 bits per heavy atom. The Morgan fingerprint density at radius 2 is 1.95 bits per heavy atom. The molecule has 0 saturated heterocycles. The number of rotatable bonds is 6. The summed E-state index contributed by atoms with van der Waals surface area (Å²) in [5.41, 5.74) is 1.20. The molecule has 1 unspecified atom stereocenters. The number of halogens is 1. The maximum atomic E-state index is 10.2. The fourth-order valence-electron chi connectivity index (χ4n) is 2.04. The Bertz CT molecular complexity index is 500. The first-order chi connectivity index (χ1) is 9.20. The standard InChI is InChI=1S/C15H18ClNOS/c1-2-17(12-6-4-3-5-7-12)11-10-13(18)14-8-9-15(16)19-14/h3-9,13,18H,2,10-11H2,1H3. The second-order valence-electron chi connectivity index (χ2n) is 4.36. The largest absolute Gasteiger partial charge is 0.388 e. The van der Waals surface area contributed by atoms with Gasteiger partial charge in [0, 0.05) is 23.7 Å². The van der Waals surface area contributed by atoms with Crippen LogP contribution in [0.5, 0.6) is 0 Å². The van der Waals surface area contributed by atoms with E-state index in [1.165, 1.54) is 17.0 Å². The topological polar surface area (TPSA) is 23.5 Å². The normalized spacial score (nSPS) is 12.4. The molecule has 4 heteroatoms. The van der Waals surface area contributed by atoms with Crippen LogP contribution >= 0.6 is 22.9 Å². The minimum absolute atomic E-state index is 0.435. The van der Waals surface area contributed by atoms with Crippen LogP contribution in [0.15, 0.2) is 42.5 Å². The van der Waals surface area contributed by atoms with Crippen LogP contribution in [0.4, 0.5) is 5.69 Å².